The average Bonchev–Trinajstić information content (AvgIpc) is 3.18. The van der Waals surface area contributed by atoms with E-state index in [2.05, 4.69) is 21.7 Å². The second kappa shape index (κ2) is 9.98. The van der Waals surface area contributed by atoms with E-state index in [0.717, 1.165) is 16.9 Å². The molecule has 30 heavy (non-hydrogen) atoms. The molecule has 2 amide bonds. The van der Waals surface area contributed by atoms with Crippen molar-refractivity contribution < 1.29 is 18.7 Å². The van der Waals surface area contributed by atoms with E-state index >= 15 is 0 Å². The molecular weight excluding hydrogens is 405 g/mol. The highest BCUT2D eigenvalue weighted by molar-refractivity contribution is 7.09. The van der Waals surface area contributed by atoms with E-state index in [9.17, 15) is 14.0 Å². The lowest BCUT2D eigenvalue weighted by Crippen LogP contribution is -2.34. The molecule has 0 saturated heterocycles. The van der Waals surface area contributed by atoms with Gasteiger partial charge in [0, 0.05) is 24.0 Å². The first-order valence-electron chi connectivity index (χ1n) is 9.38. The van der Waals surface area contributed by atoms with Crippen molar-refractivity contribution in [1.82, 2.24) is 15.6 Å². The highest BCUT2D eigenvalue weighted by atomic mass is 32.1. The molecule has 0 fully saturated rings. The van der Waals surface area contributed by atoms with Gasteiger partial charge in [0.2, 0.25) is 0 Å². The lowest BCUT2D eigenvalue weighted by Gasteiger charge is -2.07. The Bertz CT molecular complexity index is 1010. The third-order valence-corrected chi connectivity index (χ3v) is 4.97. The maximum absolute atomic E-state index is 12.9. The van der Waals surface area contributed by atoms with Crippen molar-refractivity contribution in [3.63, 3.8) is 0 Å². The van der Waals surface area contributed by atoms with Gasteiger partial charge in [-0.25, -0.2) is 9.37 Å². The van der Waals surface area contributed by atoms with E-state index in [1.54, 1.807) is 5.38 Å². The molecule has 0 atom stereocenters. The van der Waals surface area contributed by atoms with Crippen molar-refractivity contribution in [2.75, 3.05) is 13.1 Å². The van der Waals surface area contributed by atoms with E-state index in [0.29, 0.717) is 16.3 Å². The summed E-state index contributed by atoms with van der Waals surface area (Å²) < 4.78 is 18.6. The molecule has 2 N–H and O–H groups in total. The number of aromatic nitrogens is 1. The Morgan fingerprint density at radius 2 is 1.63 bits per heavy atom. The van der Waals surface area contributed by atoms with Gasteiger partial charge in [0.1, 0.15) is 28.9 Å². The Labute approximate surface area is 178 Å². The van der Waals surface area contributed by atoms with E-state index in [1.807, 2.05) is 26.0 Å². The molecule has 2 aromatic carbocycles. The number of hydrogen-bond acceptors (Lipinski definition) is 5. The standard InChI is InChI=1S/C22H22FN3O3S/c1-14-9-15(2)11-18(10-14)29-12-20-26-19(13-30-20)22(28)25-8-7-24-21(27)16-3-5-17(23)6-4-16/h3-6,9-11,13H,7-8,12H2,1-2H3,(H,24,27)(H,25,28). The van der Waals surface area contributed by atoms with Crippen LogP contribution in [0.5, 0.6) is 5.75 Å². The summed E-state index contributed by atoms with van der Waals surface area (Å²) in [6.45, 7) is 4.79. The van der Waals surface area contributed by atoms with Crippen molar-refractivity contribution in [3.05, 3.63) is 81.1 Å². The summed E-state index contributed by atoms with van der Waals surface area (Å²) in [5, 5.41) is 7.74. The predicted molar refractivity (Wildman–Crippen MR) is 113 cm³/mol. The number of thiazole rings is 1. The van der Waals surface area contributed by atoms with Gasteiger partial charge in [-0.2, -0.15) is 0 Å². The van der Waals surface area contributed by atoms with Crippen LogP contribution in [-0.2, 0) is 6.61 Å². The van der Waals surface area contributed by atoms with Crippen molar-refractivity contribution in [2.24, 2.45) is 0 Å². The van der Waals surface area contributed by atoms with Gasteiger partial charge in [0.05, 0.1) is 0 Å². The Balaban J connectivity index is 1.42. The van der Waals surface area contributed by atoms with Crippen LogP contribution in [0.25, 0.3) is 0 Å². The van der Waals surface area contributed by atoms with Gasteiger partial charge >= 0.3 is 0 Å². The molecule has 3 rings (SSSR count). The number of benzene rings is 2. The minimum absolute atomic E-state index is 0.245. The minimum Gasteiger partial charge on any atom is -0.486 e. The highest BCUT2D eigenvalue weighted by Crippen LogP contribution is 2.19. The quantitative estimate of drug-likeness (QED) is 0.538. The molecule has 6 nitrogen and oxygen atoms in total. The van der Waals surface area contributed by atoms with Crippen LogP contribution in [0.2, 0.25) is 0 Å². The predicted octanol–water partition coefficient (Wildman–Crippen LogP) is 3.64. The molecule has 1 aromatic heterocycles. The third kappa shape index (κ3) is 6.12. The number of hydrogen-bond donors (Lipinski definition) is 2. The molecule has 1 heterocycles. The molecule has 0 spiro atoms. The third-order valence-electron chi connectivity index (χ3n) is 4.14. The maximum Gasteiger partial charge on any atom is 0.270 e. The monoisotopic (exact) mass is 427 g/mol. The molecule has 0 unspecified atom stereocenters. The Kier molecular flexibility index (Phi) is 7.13. The molecule has 0 aliphatic rings. The van der Waals surface area contributed by atoms with Gasteiger partial charge in [-0.05, 0) is 61.4 Å². The number of halogens is 1. The summed E-state index contributed by atoms with van der Waals surface area (Å²) in [4.78, 5) is 28.4. The first kappa shape index (κ1) is 21.4. The Morgan fingerprint density at radius 3 is 2.30 bits per heavy atom. The van der Waals surface area contributed by atoms with Gasteiger partial charge in [-0.3, -0.25) is 9.59 Å². The van der Waals surface area contributed by atoms with Gasteiger partial charge in [0.25, 0.3) is 11.8 Å². The number of ether oxygens (including phenoxy) is 1. The zero-order chi connectivity index (χ0) is 21.5. The summed E-state index contributed by atoms with van der Waals surface area (Å²) in [5.41, 5.74) is 2.91. The molecule has 0 aliphatic carbocycles. The van der Waals surface area contributed by atoms with E-state index in [1.165, 1.54) is 35.6 Å². The molecule has 156 valence electrons. The Morgan fingerprint density at radius 1 is 1.00 bits per heavy atom. The molecule has 0 saturated carbocycles. The van der Waals surface area contributed by atoms with Gasteiger partial charge < -0.3 is 15.4 Å². The number of rotatable bonds is 8. The van der Waals surface area contributed by atoms with Crippen LogP contribution in [0.4, 0.5) is 4.39 Å². The fraction of sp³-hybridized carbons (Fsp3) is 0.227. The van der Waals surface area contributed by atoms with Crippen LogP contribution in [-0.4, -0.2) is 29.9 Å². The van der Waals surface area contributed by atoms with Gasteiger partial charge in [-0.15, -0.1) is 11.3 Å². The first-order chi connectivity index (χ1) is 14.4. The molecule has 3 aromatic rings. The summed E-state index contributed by atoms with van der Waals surface area (Å²) >= 11 is 1.35. The number of amides is 2. The van der Waals surface area contributed by atoms with Crippen LogP contribution in [0.15, 0.2) is 47.8 Å². The second-order valence-electron chi connectivity index (χ2n) is 6.76. The molecule has 0 radical (unpaired) electrons. The lowest BCUT2D eigenvalue weighted by atomic mass is 10.1. The fourth-order valence-electron chi connectivity index (χ4n) is 2.79. The number of nitrogens with zero attached hydrogens (tertiary/aromatic N) is 1. The first-order valence-corrected chi connectivity index (χ1v) is 10.3. The van der Waals surface area contributed by atoms with Crippen LogP contribution >= 0.6 is 11.3 Å². The van der Waals surface area contributed by atoms with Crippen molar-refractivity contribution >= 4 is 23.2 Å². The number of carbonyl (C=O) groups is 2. The van der Waals surface area contributed by atoms with E-state index in [4.69, 9.17) is 4.74 Å². The fourth-order valence-corrected chi connectivity index (χ4v) is 3.47. The van der Waals surface area contributed by atoms with Gasteiger partial charge in [-0.1, -0.05) is 6.07 Å². The van der Waals surface area contributed by atoms with Crippen LogP contribution in [0, 0.1) is 19.7 Å². The number of aryl methyl sites for hydroxylation is 2. The van der Waals surface area contributed by atoms with Crippen molar-refractivity contribution in [2.45, 2.75) is 20.5 Å². The molecule has 0 bridgehead atoms. The summed E-state index contributed by atoms with van der Waals surface area (Å²) in [7, 11) is 0. The van der Waals surface area contributed by atoms with Crippen LogP contribution in [0.3, 0.4) is 0 Å². The summed E-state index contributed by atoms with van der Waals surface area (Å²) in [5.74, 6) is -0.282. The van der Waals surface area contributed by atoms with Crippen LogP contribution < -0.4 is 15.4 Å². The zero-order valence-corrected chi connectivity index (χ0v) is 17.5. The zero-order valence-electron chi connectivity index (χ0n) is 16.7. The van der Waals surface area contributed by atoms with E-state index < -0.39 is 5.82 Å². The largest absolute Gasteiger partial charge is 0.486 e. The maximum atomic E-state index is 12.9. The van der Waals surface area contributed by atoms with E-state index in [-0.39, 0.29) is 31.5 Å². The topological polar surface area (TPSA) is 80.3 Å². The van der Waals surface area contributed by atoms with Crippen LogP contribution in [0.1, 0.15) is 37.0 Å². The van der Waals surface area contributed by atoms with Crippen molar-refractivity contribution in [3.8, 4) is 5.75 Å². The summed E-state index contributed by atoms with van der Waals surface area (Å²) in [6, 6.07) is 11.2. The number of nitrogens with one attached hydrogen (secondary N) is 2. The second-order valence-corrected chi connectivity index (χ2v) is 7.70. The molecule has 8 heteroatoms. The SMILES string of the molecule is Cc1cc(C)cc(OCc2nc(C(=O)NCCNC(=O)c3ccc(F)cc3)cs2)c1. The highest BCUT2D eigenvalue weighted by Gasteiger charge is 2.11. The minimum atomic E-state index is -0.402. The molecular formula is C22H22FN3O3S. The normalized spacial score (nSPS) is 10.5. The number of carbonyl (C=O) groups excluding carboxylic acids is 2. The summed E-state index contributed by atoms with van der Waals surface area (Å²) in [6.07, 6.45) is 0. The van der Waals surface area contributed by atoms with Gasteiger partial charge in [0.15, 0.2) is 0 Å². The Hall–Kier alpha value is -3.26. The van der Waals surface area contributed by atoms with Crippen molar-refractivity contribution in [1.29, 1.82) is 0 Å². The smallest absolute Gasteiger partial charge is 0.270 e. The lowest BCUT2D eigenvalue weighted by molar-refractivity contribution is 0.0925. The average molecular weight is 428 g/mol. The molecule has 0 aliphatic heterocycles.